The van der Waals surface area contributed by atoms with E-state index in [-0.39, 0.29) is 42.0 Å². The molecule has 6 aromatic rings. The zero-order chi connectivity index (χ0) is 62.2. The van der Waals surface area contributed by atoms with Gasteiger partial charge >= 0.3 is 0 Å². The molecule has 6 fully saturated rings. The Hall–Kier alpha value is -6.12. The fraction of sp³-hybridized carbons (Fsp3) is 0.538. The Kier molecular flexibility index (Phi) is 16.4. The third-order valence-electron chi connectivity index (χ3n) is 21.4. The van der Waals surface area contributed by atoms with Crippen molar-refractivity contribution in [1.29, 1.82) is 0 Å². The minimum Gasteiger partial charge on any atom is -0.491 e. The number of benzene rings is 6. The molecule has 0 N–H and O–H groups in total. The van der Waals surface area contributed by atoms with Crippen LogP contribution in [0.2, 0.25) is 0 Å². The van der Waals surface area contributed by atoms with E-state index in [2.05, 4.69) is 178 Å². The summed E-state index contributed by atoms with van der Waals surface area (Å²) >= 11 is 0. The molecule has 6 aromatic carbocycles. The first-order chi connectivity index (χ1) is 43.3. The number of ether oxygens (including phenoxy) is 12. The first-order valence-electron chi connectivity index (χ1n) is 33.6. The molecule has 14 rings (SSSR count). The molecule has 6 heterocycles. The topological polar surface area (TPSA) is 131 Å². The predicted octanol–water partition coefficient (Wildman–Crippen LogP) is 14.1. The molecule has 478 valence electrons. The van der Waals surface area contributed by atoms with Crippen LogP contribution in [0.15, 0.2) is 109 Å². The molecule has 8 aliphatic rings. The largest absolute Gasteiger partial charge is 0.491 e. The van der Waals surface area contributed by atoms with E-state index < -0.39 is 27.1 Å². The molecule has 12 nitrogen and oxygen atoms in total. The van der Waals surface area contributed by atoms with Crippen molar-refractivity contribution in [2.24, 2.45) is 0 Å². The van der Waals surface area contributed by atoms with Crippen molar-refractivity contribution >= 4 is 0 Å². The quantitative estimate of drug-likeness (QED) is 0.0455. The summed E-state index contributed by atoms with van der Waals surface area (Å²) in [6, 6.07) is 41.6. The van der Waals surface area contributed by atoms with Gasteiger partial charge in [0, 0.05) is 38.2 Å². The SMILES string of the molecule is CCCCC(C)(Cc1cc2cc(c1OCC1CO1)C1(CC)Cc3cc(ccc3OCC3CO3)C(C)(C)c3ccc(OCC4CO4)cc3CC(C)(C1)c1cc(OCC3CO3)ccc1C2(C)C)c1cc(C(C)(C)c2ccc(OCC3CO3)cc2)ccc1OCC1CO1. The highest BCUT2D eigenvalue weighted by Gasteiger charge is 2.49. The Bertz CT molecular complexity index is 3580. The van der Waals surface area contributed by atoms with Crippen LogP contribution in [-0.4, -0.2) is 116 Å². The highest BCUT2D eigenvalue weighted by atomic mass is 16.6. The van der Waals surface area contributed by atoms with E-state index in [0.717, 1.165) is 92.8 Å². The highest BCUT2D eigenvalue weighted by Crippen LogP contribution is 2.57. The fourth-order valence-electron chi connectivity index (χ4n) is 14.9. The Labute approximate surface area is 533 Å². The van der Waals surface area contributed by atoms with Gasteiger partial charge in [0.15, 0.2) is 0 Å². The molecule has 0 aromatic heterocycles. The van der Waals surface area contributed by atoms with Gasteiger partial charge in [-0.1, -0.05) is 143 Å². The zero-order valence-electron chi connectivity index (χ0n) is 54.9. The van der Waals surface area contributed by atoms with E-state index in [1.54, 1.807) is 0 Å². The molecule has 0 radical (unpaired) electrons. The fourth-order valence-corrected chi connectivity index (χ4v) is 14.9. The normalized spacial score (nSPS) is 26.7. The Morgan fingerprint density at radius 2 is 0.978 bits per heavy atom. The summed E-state index contributed by atoms with van der Waals surface area (Å²) in [5, 5.41) is 0. The summed E-state index contributed by atoms with van der Waals surface area (Å²) in [7, 11) is 0. The average molecular weight is 1220 g/mol. The van der Waals surface area contributed by atoms with Gasteiger partial charge < -0.3 is 56.8 Å². The lowest BCUT2D eigenvalue weighted by atomic mass is 9.59. The van der Waals surface area contributed by atoms with Gasteiger partial charge in [0.05, 0.1) is 39.6 Å². The summed E-state index contributed by atoms with van der Waals surface area (Å²) in [4.78, 5) is 0. The number of hydrogen-bond donors (Lipinski definition) is 0. The Balaban J connectivity index is 0.978. The second-order valence-electron chi connectivity index (χ2n) is 29.6. The van der Waals surface area contributed by atoms with Crippen molar-refractivity contribution in [2.75, 3.05) is 79.3 Å². The maximum Gasteiger partial charge on any atom is 0.126 e. The smallest absolute Gasteiger partial charge is 0.126 e. The number of rotatable bonds is 27. The van der Waals surface area contributed by atoms with Gasteiger partial charge in [0.2, 0.25) is 0 Å². The molecule has 12 heteroatoms. The lowest BCUT2D eigenvalue weighted by Crippen LogP contribution is -2.40. The van der Waals surface area contributed by atoms with Crippen LogP contribution in [0.1, 0.15) is 168 Å². The van der Waals surface area contributed by atoms with E-state index in [0.29, 0.717) is 72.3 Å². The van der Waals surface area contributed by atoms with Crippen LogP contribution >= 0.6 is 0 Å². The summed E-state index contributed by atoms with van der Waals surface area (Å²) in [5.74, 6) is 5.35. The third-order valence-corrected chi connectivity index (χ3v) is 21.4. The standard InChI is InChI=1S/C78H94O12/c1-11-13-26-76(9,68-30-54(17-25-71(68)89-46-63-43-86-63)73(3,4)52-14-18-56(19-15-52)79-36-59-39-82-59)34-51-28-55-31-69(72(51)90-47-64-44-87-64)78(12-2)35-50-27-53(16-24-70(50)88-45-62-42-85-62)74(5,6)65-22-20-57(80-37-60-40-83-60)29-49(65)33-77(10,48-78)67-32-58(81-38-61-41-84-61)21-23-66(67)75(55,7)8/h14-25,27-32,59-64H,11-13,26,33-48H2,1-10H3. The number of unbranched alkanes of at least 4 members (excludes halogenated alkanes) is 1. The van der Waals surface area contributed by atoms with E-state index >= 15 is 0 Å². The molecule has 0 saturated carbocycles. The van der Waals surface area contributed by atoms with Crippen molar-refractivity contribution < 1.29 is 56.8 Å². The maximum absolute atomic E-state index is 7.65. The third kappa shape index (κ3) is 13.0. The molecule has 6 bridgehead atoms. The van der Waals surface area contributed by atoms with Crippen molar-refractivity contribution in [1.82, 2.24) is 0 Å². The van der Waals surface area contributed by atoms with Gasteiger partial charge in [-0.3, -0.25) is 0 Å². The van der Waals surface area contributed by atoms with Crippen molar-refractivity contribution in [3.63, 3.8) is 0 Å². The minimum atomic E-state index is -0.539. The van der Waals surface area contributed by atoms with Crippen LogP contribution in [0, 0.1) is 0 Å². The molecular formula is C78H94O12. The van der Waals surface area contributed by atoms with Crippen molar-refractivity contribution in [2.45, 2.75) is 190 Å². The molecule has 9 atom stereocenters. The van der Waals surface area contributed by atoms with Gasteiger partial charge in [0.1, 0.15) is 111 Å². The molecule has 6 aliphatic heterocycles. The number of fused-ring (bicyclic) bond motifs is 10. The Morgan fingerprint density at radius 1 is 0.456 bits per heavy atom. The second-order valence-corrected chi connectivity index (χ2v) is 29.6. The molecule has 2 aliphatic carbocycles. The van der Waals surface area contributed by atoms with Crippen LogP contribution in [-0.2, 0) is 80.2 Å². The zero-order valence-corrected chi connectivity index (χ0v) is 54.9. The molecule has 0 amide bonds. The summed E-state index contributed by atoms with van der Waals surface area (Å²) in [6.45, 7) is 31.5. The summed E-state index contributed by atoms with van der Waals surface area (Å²) in [5.41, 5.74) is 12.1. The van der Waals surface area contributed by atoms with Crippen molar-refractivity contribution in [3.05, 3.63) is 176 Å². The first-order valence-corrected chi connectivity index (χ1v) is 33.6. The van der Waals surface area contributed by atoms with Crippen LogP contribution in [0.4, 0.5) is 0 Å². The van der Waals surface area contributed by atoms with Gasteiger partial charge in [0.25, 0.3) is 0 Å². The van der Waals surface area contributed by atoms with E-state index in [1.807, 2.05) is 0 Å². The van der Waals surface area contributed by atoms with Crippen molar-refractivity contribution in [3.8, 4) is 34.5 Å². The van der Waals surface area contributed by atoms with E-state index in [1.165, 1.54) is 66.8 Å². The van der Waals surface area contributed by atoms with Gasteiger partial charge in [-0.15, -0.1) is 0 Å². The molecular weight excluding hydrogens is 1130 g/mol. The molecule has 9 unspecified atom stereocenters. The van der Waals surface area contributed by atoms with E-state index in [9.17, 15) is 0 Å². The van der Waals surface area contributed by atoms with Gasteiger partial charge in [-0.05, 0) is 148 Å². The van der Waals surface area contributed by atoms with Gasteiger partial charge in [-0.2, -0.15) is 0 Å². The summed E-state index contributed by atoms with van der Waals surface area (Å²) in [6.07, 6.45) is 7.34. The first kappa shape index (κ1) is 61.4. The predicted molar refractivity (Wildman–Crippen MR) is 348 cm³/mol. The van der Waals surface area contributed by atoms with E-state index in [4.69, 9.17) is 56.8 Å². The molecule has 6 saturated heterocycles. The average Bonchev–Trinajstić information content (AvgIpc) is 1.63. The number of epoxide rings is 6. The monoisotopic (exact) mass is 1220 g/mol. The lowest BCUT2D eigenvalue weighted by Gasteiger charge is -2.44. The minimum absolute atomic E-state index is 0.0162. The van der Waals surface area contributed by atoms with Crippen LogP contribution < -0.4 is 28.4 Å². The van der Waals surface area contributed by atoms with Crippen LogP contribution in [0.5, 0.6) is 34.5 Å². The number of hydrogen-bond acceptors (Lipinski definition) is 12. The van der Waals surface area contributed by atoms with Crippen LogP contribution in [0.3, 0.4) is 0 Å². The summed E-state index contributed by atoms with van der Waals surface area (Å²) < 4.78 is 75.7. The van der Waals surface area contributed by atoms with Gasteiger partial charge in [-0.25, -0.2) is 0 Å². The molecule has 90 heavy (non-hydrogen) atoms. The molecule has 0 spiro atoms. The Morgan fingerprint density at radius 3 is 1.58 bits per heavy atom. The maximum atomic E-state index is 7.65. The second kappa shape index (κ2) is 24.1. The van der Waals surface area contributed by atoms with Crippen LogP contribution in [0.25, 0.3) is 0 Å². The lowest BCUT2D eigenvalue weighted by molar-refractivity contribution is 0.230. The highest BCUT2D eigenvalue weighted by molar-refractivity contribution is 5.61.